The highest BCUT2D eigenvalue weighted by atomic mass is 32.1. The quantitative estimate of drug-likeness (QED) is 0.832. The fraction of sp³-hybridized carbons (Fsp3) is 0.467. The maximum Gasteiger partial charge on any atom is 0.238 e. The molecule has 3 N–H and O–H groups in total. The number of thiocarbonyl (C=S) groups is 1. The molecule has 0 radical (unpaired) electrons. The molecule has 20 heavy (non-hydrogen) atoms. The summed E-state index contributed by atoms with van der Waals surface area (Å²) in [6.45, 7) is 4.21. The minimum absolute atomic E-state index is 0.0302. The van der Waals surface area contributed by atoms with E-state index < -0.39 is 0 Å². The highest BCUT2D eigenvalue weighted by Crippen LogP contribution is 2.17. The predicted octanol–water partition coefficient (Wildman–Crippen LogP) is 1.93. The van der Waals surface area contributed by atoms with Crippen molar-refractivity contribution in [1.29, 1.82) is 0 Å². The Morgan fingerprint density at radius 3 is 2.50 bits per heavy atom. The van der Waals surface area contributed by atoms with Crippen LogP contribution in [0, 0.1) is 12.8 Å². The Hall–Kier alpha value is -1.46. The summed E-state index contributed by atoms with van der Waals surface area (Å²) in [5.41, 5.74) is 7.69. The number of nitrogens with one attached hydrogen (secondary N) is 1. The van der Waals surface area contributed by atoms with Crippen LogP contribution in [0.25, 0.3) is 0 Å². The molecule has 0 aromatic heterocycles. The van der Waals surface area contributed by atoms with Gasteiger partial charge in [0.2, 0.25) is 5.91 Å². The van der Waals surface area contributed by atoms with Crippen LogP contribution in [0.5, 0.6) is 0 Å². The molecular formula is C15H21N3OS. The van der Waals surface area contributed by atoms with Gasteiger partial charge in [0, 0.05) is 11.6 Å². The fourth-order valence-electron chi connectivity index (χ4n) is 2.42. The first kappa shape index (κ1) is 14.9. The Morgan fingerprint density at radius 2 is 1.95 bits per heavy atom. The SMILES string of the molecule is Cc1ccc(NC(=O)CN2CCC(C(N)=S)CC2)cc1. The van der Waals surface area contributed by atoms with E-state index in [0.717, 1.165) is 31.6 Å². The van der Waals surface area contributed by atoms with E-state index in [4.69, 9.17) is 18.0 Å². The molecule has 1 amide bonds. The summed E-state index contributed by atoms with van der Waals surface area (Å²) in [6, 6.07) is 7.82. The van der Waals surface area contributed by atoms with Crippen molar-refractivity contribution in [2.75, 3.05) is 25.0 Å². The van der Waals surface area contributed by atoms with Gasteiger partial charge in [-0.3, -0.25) is 9.69 Å². The second kappa shape index (κ2) is 6.81. The first-order valence-corrected chi connectivity index (χ1v) is 7.33. The van der Waals surface area contributed by atoms with Gasteiger partial charge in [0.1, 0.15) is 0 Å². The van der Waals surface area contributed by atoms with Crippen molar-refractivity contribution in [1.82, 2.24) is 4.90 Å². The number of piperidine rings is 1. The molecule has 5 heteroatoms. The van der Waals surface area contributed by atoms with E-state index in [0.29, 0.717) is 17.5 Å². The minimum Gasteiger partial charge on any atom is -0.393 e. The molecule has 4 nitrogen and oxygen atoms in total. The van der Waals surface area contributed by atoms with E-state index in [2.05, 4.69) is 10.2 Å². The normalized spacial score (nSPS) is 16.9. The number of benzene rings is 1. The molecule has 0 saturated carbocycles. The molecule has 0 bridgehead atoms. The molecule has 108 valence electrons. The molecule has 1 aliphatic heterocycles. The lowest BCUT2D eigenvalue weighted by Gasteiger charge is -2.30. The molecule has 1 aromatic carbocycles. The Balaban J connectivity index is 1.78. The van der Waals surface area contributed by atoms with Crippen LogP contribution in [0.15, 0.2) is 24.3 Å². The number of likely N-dealkylation sites (tertiary alicyclic amines) is 1. The third kappa shape index (κ3) is 4.28. The number of aryl methyl sites for hydroxylation is 1. The van der Waals surface area contributed by atoms with E-state index in [1.807, 2.05) is 31.2 Å². The summed E-state index contributed by atoms with van der Waals surface area (Å²) >= 11 is 5.02. The molecule has 1 aliphatic rings. The average molecular weight is 291 g/mol. The van der Waals surface area contributed by atoms with Crippen molar-refractivity contribution >= 4 is 28.8 Å². The van der Waals surface area contributed by atoms with Gasteiger partial charge in [-0.25, -0.2) is 0 Å². The number of nitrogens with zero attached hydrogens (tertiary/aromatic N) is 1. The molecule has 1 fully saturated rings. The first-order chi connectivity index (χ1) is 9.54. The second-order valence-electron chi connectivity index (χ2n) is 5.37. The summed E-state index contributed by atoms with van der Waals surface area (Å²) in [4.78, 5) is 14.7. The van der Waals surface area contributed by atoms with Gasteiger partial charge >= 0.3 is 0 Å². The minimum atomic E-state index is 0.0302. The van der Waals surface area contributed by atoms with Crippen LogP contribution in [-0.2, 0) is 4.79 Å². The van der Waals surface area contributed by atoms with Crippen molar-refractivity contribution in [3.63, 3.8) is 0 Å². The molecule has 0 atom stereocenters. The third-order valence-corrected chi connectivity index (χ3v) is 4.03. The molecule has 2 rings (SSSR count). The van der Waals surface area contributed by atoms with Crippen LogP contribution in [0.2, 0.25) is 0 Å². The zero-order chi connectivity index (χ0) is 14.5. The van der Waals surface area contributed by atoms with Gasteiger partial charge < -0.3 is 11.1 Å². The van der Waals surface area contributed by atoms with Crippen molar-refractivity contribution < 1.29 is 4.79 Å². The molecule has 0 spiro atoms. The monoisotopic (exact) mass is 291 g/mol. The van der Waals surface area contributed by atoms with Gasteiger partial charge in [0.15, 0.2) is 0 Å². The first-order valence-electron chi connectivity index (χ1n) is 6.93. The zero-order valence-electron chi connectivity index (χ0n) is 11.8. The number of carbonyl (C=O) groups excluding carboxylic acids is 1. The Bertz CT molecular complexity index is 478. The Labute approximate surface area is 125 Å². The van der Waals surface area contributed by atoms with Gasteiger partial charge in [-0.1, -0.05) is 29.9 Å². The lowest BCUT2D eigenvalue weighted by molar-refractivity contribution is -0.117. The standard InChI is InChI=1S/C15H21N3OS/c1-11-2-4-13(5-3-11)17-14(19)10-18-8-6-12(7-9-18)15(16)20/h2-5,12H,6-10H2,1H3,(H2,16,20)(H,17,19). The molecule has 0 aliphatic carbocycles. The Kier molecular flexibility index (Phi) is 5.09. The van der Waals surface area contributed by atoms with Crippen LogP contribution in [-0.4, -0.2) is 35.4 Å². The number of nitrogens with two attached hydrogens (primary N) is 1. The van der Waals surface area contributed by atoms with Crippen LogP contribution >= 0.6 is 12.2 Å². The number of amides is 1. The van der Waals surface area contributed by atoms with E-state index in [1.165, 1.54) is 5.56 Å². The average Bonchev–Trinajstić information content (AvgIpc) is 2.42. The molecular weight excluding hydrogens is 270 g/mol. The van der Waals surface area contributed by atoms with Crippen molar-refractivity contribution in [2.45, 2.75) is 19.8 Å². The molecule has 1 heterocycles. The number of anilines is 1. The third-order valence-electron chi connectivity index (χ3n) is 3.69. The summed E-state index contributed by atoms with van der Waals surface area (Å²) in [5, 5.41) is 2.92. The lowest BCUT2D eigenvalue weighted by Crippen LogP contribution is -2.41. The maximum absolute atomic E-state index is 12.0. The van der Waals surface area contributed by atoms with Crippen molar-refractivity contribution in [3.8, 4) is 0 Å². The van der Waals surface area contributed by atoms with E-state index in [-0.39, 0.29) is 5.91 Å². The van der Waals surface area contributed by atoms with Gasteiger partial charge in [-0.05, 0) is 45.0 Å². The summed E-state index contributed by atoms with van der Waals surface area (Å²) < 4.78 is 0. The van der Waals surface area contributed by atoms with Gasteiger partial charge in [0.05, 0.1) is 11.5 Å². The van der Waals surface area contributed by atoms with Crippen LogP contribution in [0.4, 0.5) is 5.69 Å². The van der Waals surface area contributed by atoms with Gasteiger partial charge in [0.25, 0.3) is 0 Å². The van der Waals surface area contributed by atoms with E-state index in [1.54, 1.807) is 0 Å². The highest BCUT2D eigenvalue weighted by Gasteiger charge is 2.22. The van der Waals surface area contributed by atoms with Gasteiger partial charge in [-0.15, -0.1) is 0 Å². The molecule has 1 saturated heterocycles. The van der Waals surface area contributed by atoms with Crippen LogP contribution in [0.1, 0.15) is 18.4 Å². The number of hydrogen-bond acceptors (Lipinski definition) is 3. The van der Waals surface area contributed by atoms with Gasteiger partial charge in [-0.2, -0.15) is 0 Å². The largest absolute Gasteiger partial charge is 0.393 e. The fourth-order valence-corrected chi connectivity index (χ4v) is 2.65. The number of hydrogen-bond donors (Lipinski definition) is 2. The highest BCUT2D eigenvalue weighted by molar-refractivity contribution is 7.80. The predicted molar refractivity (Wildman–Crippen MR) is 85.8 cm³/mol. The molecule has 0 unspecified atom stereocenters. The summed E-state index contributed by atoms with van der Waals surface area (Å²) in [5.74, 6) is 0.365. The van der Waals surface area contributed by atoms with Crippen molar-refractivity contribution in [2.24, 2.45) is 11.7 Å². The Morgan fingerprint density at radius 1 is 1.35 bits per heavy atom. The second-order valence-corrected chi connectivity index (χ2v) is 5.84. The van der Waals surface area contributed by atoms with E-state index >= 15 is 0 Å². The van der Waals surface area contributed by atoms with E-state index in [9.17, 15) is 4.79 Å². The number of rotatable bonds is 4. The molecule has 1 aromatic rings. The van der Waals surface area contributed by atoms with Crippen LogP contribution in [0.3, 0.4) is 0 Å². The maximum atomic E-state index is 12.0. The lowest BCUT2D eigenvalue weighted by atomic mass is 9.97. The smallest absolute Gasteiger partial charge is 0.238 e. The number of carbonyl (C=O) groups is 1. The summed E-state index contributed by atoms with van der Waals surface area (Å²) in [7, 11) is 0. The zero-order valence-corrected chi connectivity index (χ0v) is 12.6. The topological polar surface area (TPSA) is 58.4 Å². The van der Waals surface area contributed by atoms with Crippen molar-refractivity contribution in [3.05, 3.63) is 29.8 Å². The summed E-state index contributed by atoms with van der Waals surface area (Å²) in [6.07, 6.45) is 1.90. The van der Waals surface area contributed by atoms with Crippen LogP contribution < -0.4 is 11.1 Å².